The SMILES string of the molecule is COc1ccc(/C=C2\SC(=O)N(Cc3cccc4ccccc34)C2=O)cc1OCc1ccccc1F. The molecular formula is C29H22FNO4S. The maximum absolute atomic E-state index is 14.0. The number of imide groups is 1. The number of fused-ring (bicyclic) bond motifs is 1. The van der Waals surface area contributed by atoms with E-state index in [4.69, 9.17) is 9.47 Å². The molecule has 0 bridgehead atoms. The Balaban J connectivity index is 1.37. The fraction of sp³-hybridized carbons (Fsp3) is 0.103. The molecule has 0 spiro atoms. The number of nitrogens with zero attached hydrogens (tertiary/aromatic N) is 1. The minimum absolute atomic E-state index is 0.0219. The van der Waals surface area contributed by atoms with Gasteiger partial charge >= 0.3 is 0 Å². The van der Waals surface area contributed by atoms with E-state index >= 15 is 0 Å². The fourth-order valence-corrected chi connectivity index (χ4v) is 4.89. The van der Waals surface area contributed by atoms with E-state index < -0.39 is 0 Å². The summed E-state index contributed by atoms with van der Waals surface area (Å²) in [5.74, 6) is 0.187. The highest BCUT2D eigenvalue weighted by atomic mass is 32.2. The zero-order valence-electron chi connectivity index (χ0n) is 19.4. The fourth-order valence-electron chi connectivity index (χ4n) is 4.06. The number of carbonyl (C=O) groups excluding carboxylic acids is 2. The summed E-state index contributed by atoms with van der Waals surface area (Å²) in [4.78, 5) is 27.5. The largest absolute Gasteiger partial charge is 0.493 e. The van der Waals surface area contributed by atoms with Gasteiger partial charge in [0.25, 0.3) is 11.1 Å². The van der Waals surface area contributed by atoms with E-state index in [-0.39, 0.29) is 30.1 Å². The van der Waals surface area contributed by atoms with Crippen molar-refractivity contribution in [2.45, 2.75) is 13.2 Å². The summed E-state index contributed by atoms with van der Waals surface area (Å²) >= 11 is 0.906. The van der Waals surface area contributed by atoms with E-state index in [0.29, 0.717) is 27.5 Å². The monoisotopic (exact) mass is 499 g/mol. The van der Waals surface area contributed by atoms with Gasteiger partial charge in [0.05, 0.1) is 18.6 Å². The Bertz CT molecular complexity index is 1490. The number of halogens is 1. The van der Waals surface area contributed by atoms with E-state index in [1.165, 1.54) is 18.1 Å². The lowest BCUT2D eigenvalue weighted by molar-refractivity contribution is -0.123. The Kier molecular flexibility index (Phi) is 6.73. The van der Waals surface area contributed by atoms with Crippen LogP contribution in [0.5, 0.6) is 11.5 Å². The molecule has 1 aliphatic rings. The lowest BCUT2D eigenvalue weighted by Gasteiger charge is -2.14. The molecule has 1 saturated heterocycles. The molecule has 1 aliphatic heterocycles. The molecule has 180 valence electrons. The van der Waals surface area contributed by atoms with Gasteiger partial charge in [0, 0.05) is 5.56 Å². The molecule has 4 aromatic carbocycles. The van der Waals surface area contributed by atoms with Crippen LogP contribution in [0.25, 0.3) is 16.8 Å². The number of ether oxygens (including phenoxy) is 2. The molecule has 0 saturated carbocycles. The average Bonchev–Trinajstić information content (AvgIpc) is 3.15. The van der Waals surface area contributed by atoms with Crippen molar-refractivity contribution in [1.82, 2.24) is 4.90 Å². The van der Waals surface area contributed by atoms with Crippen molar-refractivity contribution >= 4 is 39.8 Å². The second-order valence-corrected chi connectivity index (χ2v) is 9.19. The number of amides is 2. The maximum atomic E-state index is 14.0. The topological polar surface area (TPSA) is 55.8 Å². The van der Waals surface area contributed by atoms with Gasteiger partial charge in [-0.15, -0.1) is 0 Å². The quantitative estimate of drug-likeness (QED) is 0.262. The highest BCUT2D eigenvalue weighted by Gasteiger charge is 2.35. The summed E-state index contributed by atoms with van der Waals surface area (Å²) in [5.41, 5.74) is 1.99. The normalized spacial score (nSPS) is 14.6. The van der Waals surface area contributed by atoms with E-state index in [9.17, 15) is 14.0 Å². The standard InChI is InChI=1S/C29H22FNO4S/c1-34-25-14-13-19(15-26(25)35-18-22-8-3-5-12-24(22)30)16-27-28(32)31(29(33)36-27)17-21-10-6-9-20-7-2-4-11-23(20)21/h2-16H,17-18H2,1H3/b27-16-. The van der Waals surface area contributed by atoms with Crippen molar-refractivity contribution in [3.8, 4) is 11.5 Å². The Morgan fingerprint density at radius 2 is 1.64 bits per heavy atom. The van der Waals surface area contributed by atoms with Gasteiger partial charge in [-0.25, -0.2) is 4.39 Å². The summed E-state index contributed by atoms with van der Waals surface area (Å²) < 4.78 is 25.2. The smallest absolute Gasteiger partial charge is 0.293 e. The number of hydrogen-bond acceptors (Lipinski definition) is 5. The van der Waals surface area contributed by atoms with Gasteiger partial charge in [0.1, 0.15) is 12.4 Å². The highest BCUT2D eigenvalue weighted by molar-refractivity contribution is 8.18. The lowest BCUT2D eigenvalue weighted by atomic mass is 10.0. The van der Waals surface area contributed by atoms with Gasteiger partial charge in [-0.3, -0.25) is 14.5 Å². The highest BCUT2D eigenvalue weighted by Crippen LogP contribution is 2.36. The molecule has 0 aromatic heterocycles. The summed E-state index contributed by atoms with van der Waals surface area (Å²) in [5, 5.41) is 1.75. The molecule has 5 nitrogen and oxygen atoms in total. The van der Waals surface area contributed by atoms with E-state index in [1.54, 1.807) is 42.5 Å². The molecule has 0 atom stereocenters. The molecule has 36 heavy (non-hydrogen) atoms. The molecule has 1 heterocycles. The van der Waals surface area contributed by atoms with E-state index in [2.05, 4.69) is 0 Å². The van der Waals surface area contributed by atoms with Gasteiger partial charge in [-0.05, 0) is 57.9 Å². The number of hydrogen-bond donors (Lipinski definition) is 0. The molecule has 2 amide bonds. The number of rotatable bonds is 7. The zero-order chi connectivity index (χ0) is 25.1. The van der Waals surface area contributed by atoms with Gasteiger partial charge in [-0.1, -0.05) is 66.7 Å². The van der Waals surface area contributed by atoms with Crippen LogP contribution in [0.2, 0.25) is 0 Å². The van der Waals surface area contributed by atoms with Crippen LogP contribution >= 0.6 is 11.8 Å². The van der Waals surface area contributed by atoms with E-state index in [0.717, 1.165) is 28.1 Å². The number of methoxy groups -OCH3 is 1. The van der Waals surface area contributed by atoms with Gasteiger partial charge in [0.15, 0.2) is 11.5 Å². The van der Waals surface area contributed by atoms with Crippen LogP contribution in [0.1, 0.15) is 16.7 Å². The number of benzene rings is 4. The van der Waals surface area contributed by atoms with Gasteiger partial charge in [-0.2, -0.15) is 0 Å². The first kappa shape index (κ1) is 23.6. The van der Waals surface area contributed by atoms with Crippen molar-refractivity contribution in [2.24, 2.45) is 0 Å². The second-order valence-electron chi connectivity index (χ2n) is 8.20. The molecule has 0 N–H and O–H groups in total. The van der Waals surface area contributed by atoms with Crippen molar-refractivity contribution in [3.05, 3.63) is 112 Å². The summed E-state index contributed by atoms with van der Waals surface area (Å²) in [6.45, 7) is 0.219. The van der Waals surface area contributed by atoms with Crippen LogP contribution in [-0.4, -0.2) is 23.2 Å². The first-order chi connectivity index (χ1) is 17.5. The van der Waals surface area contributed by atoms with Gasteiger partial charge < -0.3 is 9.47 Å². The van der Waals surface area contributed by atoms with Gasteiger partial charge in [0.2, 0.25) is 0 Å². The predicted octanol–water partition coefficient (Wildman–Crippen LogP) is 6.80. The third-order valence-corrected chi connectivity index (χ3v) is 6.82. The Morgan fingerprint density at radius 1 is 0.889 bits per heavy atom. The Hall–Kier alpha value is -4.10. The zero-order valence-corrected chi connectivity index (χ0v) is 20.3. The summed E-state index contributed by atoms with van der Waals surface area (Å²) in [6.07, 6.45) is 1.66. The van der Waals surface area contributed by atoms with Crippen LogP contribution in [0, 0.1) is 5.82 Å². The molecule has 4 aromatic rings. The van der Waals surface area contributed by atoms with Crippen LogP contribution in [0.3, 0.4) is 0 Å². The molecule has 7 heteroatoms. The van der Waals surface area contributed by atoms with Crippen LogP contribution in [-0.2, 0) is 17.9 Å². The second kappa shape index (κ2) is 10.3. The van der Waals surface area contributed by atoms with Crippen LogP contribution in [0.4, 0.5) is 9.18 Å². The summed E-state index contributed by atoms with van der Waals surface area (Å²) in [6, 6.07) is 25.3. The Morgan fingerprint density at radius 3 is 2.47 bits per heavy atom. The molecule has 0 unspecified atom stereocenters. The summed E-state index contributed by atoms with van der Waals surface area (Å²) in [7, 11) is 1.52. The molecule has 5 rings (SSSR count). The van der Waals surface area contributed by atoms with Crippen molar-refractivity contribution in [2.75, 3.05) is 7.11 Å². The van der Waals surface area contributed by atoms with Crippen LogP contribution in [0.15, 0.2) is 89.8 Å². The first-order valence-corrected chi connectivity index (χ1v) is 12.1. The molecular weight excluding hydrogens is 477 g/mol. The molecule has 0 radical (unpaired) electrons. The van der Waals surface area contributed by atoms with Crippen molar-refractivity contribution in [1.29, 1.82) is 0 Å². The number of carbonyl (C=O) groups is 2. The number of thioether (sulfide) groups is 1. The molecule has 0 aliphatic carbocycles. The minimum Gasteiger partial charge on any atom is -0.493 e. The van der Waals surface area contributed by atoms with E-state index in [1.807, 2.05) is 42.5 Å². The Labute approximate surface area is 212 Å². The average molecular weight is 500 g/mol. The lowest BCUT2D eigenvalue weighted by Crippen LogP contribution is -2.27. The third kappa shape index (κ3) is 4.83. The maximum Gasteiger partial charge on any atom is 0.293 e. The molecule has 1 fully saturated rings. The first-order valence-electron chi connectivity index (χ1n) is 11.3. The minimum atomic E-state index is -0.354. The van der Waals surface area contributed by atoms with Crippen molar-refractivity contribution < 1.29 is 23.5 Å². The predicted molar refractivity (Wildman–Crippen MR) is 139 cm³/mol. The van der Waals surface area contributed by atoms with Crippen LogP contribution < -0.4 is 9.47 Å². The van der Waals surface area contributed by atoms with Crippen molar-refractivity contribution in [3.63, 3.8) is 0 Å². The third-order valence-electron chi connectivity index (χ3n) is 5.91.